The molecule has 0 spiro atoms. The van der Waals surface area contributed by atoms with Gasteiger partial charge in [-0.2, -0.15) is 0 Å². The lowest BCUT2D eigenvalue weighted by molar-refractivity contribution is 0.400. The van der Waals surface area contributed by atoms with Crippen molar-refractivity contribution in [3.05, 3.63) is 58.1 Å². The molecule has 106 valence electrons. The minimum Gasteiger partial charge on any atom is -0.496 e. The van der Waals surface area contributed by atoms with Crippen molar-refractivity contribution in [2.75, 3.05) is 14.2 Å². The van der Waals surface area contributed by atoms with Crippen molar-refractivity contribution in [1.82, 2.24) is 0 Å². The van der Waals surface area contributed by atoms with Gasteiger partial charge in [-0.1, -0.05) is 34.1 Å². The van der Waals surface area contributed by atoms with Crippen molar-refractivity contribution in [2.45, 2.75) is 12.5 Å². The standard InChI is InChI=1S/C16H18BrNO2/c1-19-15-8-7-12(17)9-11(15)10-14(18)13-5-3-4-6-16(13)20-2/h3-9,14H,10,18H2,1-2H3. The van der Waals surface area contributed by atoms with E-state index in [1.165, 1.54) is 0 Å². The predicted octanol–water partition coefficient (Wildman–Crippen LogP) is 3.71. The van der Waals surface area contributed by atoms with Gasteiger partial charge >= 0.3 is 0 Å². The lowest BCUT2D eigenvalue weighted by Gasteiger charge is -2.17. The van der Waals surface area contributed by atoms with Gasteiger partial charge in [-0.3, -0.25) is 0 Å². The van der Waals surface area contributed by atoms with Gasteiger partial charge in [0.05, 0.1) is 14.2 Å². The Morgan fingerprint density at radius 1 is 1.05 bits per heavy atom. The van der Waals surface area contributed by atoms with Gasteiger partial charge < -0.3 is 15.2 Å². The number of para-hydroxylation sites is 1. The van der Waals surface area contributed by atoms with Gasteiger partial charge in [0.15, 0.2) is 0 Å². The Bertz CT molecular complexity index is 586. The molecule has 0 aliphatic carbocycles. The highest BCUT2D eigenvalue weighted by molar-refractivity contribution is 9.10. The third-order valence-corrected chi connectivity index (χ3v) is 3.71. The maximum atomic E-state index is 6.33. The third kappa shape index (κ3) is 3.32. The lowest BCUT2D eigenvalue weighted by atomic mass is 9.98. The summed E-state index contributed by atoms with van der Waals surface area (Å²) in [5.41, 5.74) is 8.39. The zero-order chi connectivity index (χ0) is 14.5. The zero-order valence-electron chi connectivity index (χ0n) is 11.6. The lowest BCUT2D eigenvalue weighted by Crippen LogP contribution is -2.15. The highest BCUT2D eigenvalue weighted by atomic mass is 79.9. The molecular formula is C16H18BrNO2. The van der Waals surface area contributed by atoms with E-state index >= 15 is 0 Å². The molecular weight excluding hydrogens is 318 g/mol. The van der Waals surface area contributed by atoms with Gasteiger partial charge in [-0.05, 0) is 36.2 Å². The molecule has 0 aliphatic heterocycles. The van der Waals surface area contributed by atoms with Crippen molar-refractivity contribution >= 4 is 15.9 Å². The van der Waals surface area contributed by atoms with Crippen LogP contribution in [0, 0.1) is 0 Å². The fourth-order valence-corrected chi connectivity index (χ4v) is 2.63. The van der Waals surface area contributed by atoms with E-state index in [0.29, 0.717) is 6.42 Å². The summed E-state index contributed by atoms with van der Waals surface area (Å²) in [5, 5.41) is 0. The first-order chi connectivity index (χ1) is 9.65. The Hall–Kier alpha value is -1.52. The Labute approximate surface area is 127 Å². The Balaban J connectivity index is 2.27. The first kappa shape index (κ1) is 14.9. The van der Waals surface area contributed by atoms with Crippen molar-refractivity contribution in [3.8, 4) is 11.5 Å². The molecule has 0 fully saturated rings. The van der Waals surface area contributed by atoms with Gasteiger partial charge in [-0.15, -0.1) is 0 Å². The number of halogens is 1. The molecule has 0 saturated heterocycles. The number of ether oxygens (including phenoxy) is 2. The van der Waals surface area contributed by atoms with E-state index in [9.17, 15) is 0 Å². The van der Waals surface area contributed by atoms with E-state index in [1.807, 2.05) is 42.5 Å². The largest absolute Gasteiger partial charge is 0.496 e. The quantitative estimate of drug-likeness (QED) is 0.905. The summed E-state index contributed by atoms with van der Waals surface area (Å²) >= 11 is 3.48. The molecule has 1 atom stereocenters. The molecule has 0 heterocycles. The summed E-state index contributed by atoms with van der Waals surface area (Å²) in [6.45, 7) is 0. The highest BCUT2D eigenvalue weighted by Gasteiger charge is 2.14. The first-order valence-electron chi connectivity index (χ1n) is 6.36. The molecule has 2 aromatic carbocycles. The average molecular weight is 336 g/mol. The Morgan fingerprint density at radius 3 is 2.45 bits per heavy atom. The normalized spacial score (nSPS) is 12.0. The maximum Gasteiger partial charge on any atom is 0.123 e. The summed E-state index contributed by atoms with van der Waals surface area (Å²) in [7, 11) is 3.33. The molecule has 2 N–H and O–H groups in total. The second-order valence-corrected chi connectivity index (χ2v) is 5.42. The second-order valence-electron chi connectivity index (χ2n) is 4.51. The van der Waals surface area contributed by atoms with Crippen molar-refractivity contribution in [1.29, 1.82) is 0 Å². The van der Waals surface area contributed by atoms with E-state index < -0.39 is 0 Å². The van der Waals surface area contributed by atoms with E-state index in [-0.39, 0.29) is 6.04 Å². The molecule has 4 heteroatoms. The molecule has 0 amide bonds. The predicted molar refractivity (Wildman–Crippen MR) is 84.3 cm³/mol. The Morgan fingerprint density at radius 2 is 1.75 bits per heavy atom. The van der Waals surface area contributed by atoms with Crippen LogP contribution in [-0.4, -0.2) is 14.2 Å². The van der Waals surface area contributed by atoms with Crippen LogP contribution in [0.3, 0.4) is 0 Å². The summed E-state index contributed by atoms with van der Waals surface area (Å²) in [6.07, 6.45) is 0.684. The number of benzene rings is 2. The third-order valence-electron chi connectivity index (χ3n) is 3.22. The summed E-state index contributed by atoms with van der Waals surface area (Å²) < 4.78 is 11.8. The molecule has 0 aromatic heterocycles. The fourth-order valence-electron chi connectivity index (χ4n) is 2.23. The van der Waals surface area contributed by atoms with Crippen LogP contribution >= 0.6 is 15.9 Å². The van der Waals surface area contributed by atoms with Crippen molar-refractivity contribution in [3.63, 3.8) is 0 Å². The van der Waals surface area contributed by atoms with Gasteiger partial charge in [-0.25, -0.2) is 0 Å². The van der Waals surface area contributed by atoms with E-state index in [4.69, 9.17) is 15.2 Å². The van der Waals surface area contributed by atoms with Crippen LogP contribution in [0.5, 0.6) is 11.5 Å². The van der Waals surface area contributed by atoms with Crippen molar-refractivity contribution < 1.29 is 9.47 Å². The molecule has 0 radical (unpaired) electrons. The van der Waals surface area contributed by atoms with Gasteiger partial charge in [0.2, 0.25) is 0 Å². The summed E-state index contributed by atoms with van der Waals surface area (Å²) in [4.78, 5) is 0. The summed E-state index contributed by atoms with van der Waals surface area (Å²) in [6, 6.07) is 13.6. The average Bonchev–Trinajstić information content (AvgIpc) is 2.47. The molecule has 0 bridgehead atoms. The fraction of sp³-hybridized carbons (Fsp3) is 0.250. The zero-order valence-corrected chi connectivity index (χ0v) is 13.2. The molecule has 0 aliphatic rings. The van der Waals surface area contributed by atoms with E-state index in [2.05, 4.69) is 15.9 Å². The van der Waals surface area contributed by atoms with Crippen LogP contribution < -0.4 is 15.2 Å². The number of methoxy groups -OCH3 is 2. The summed E-state index contributed by atoms with van der Waals surface area (Å²) in [5.74, 6) is 1.66. The monoisotopic (exact) mass is 335 g/mol. The maximum absolute atomic E-state index is 6.33. The van der Waals surface area contributed by atoms with Crippen LogP contribution in [0.2, 0.25) is 0 Å². The topological polar surface area (TPSA) is 44.5 Å². The minimum atomic E-state index is -0.144. The molecule has 2 rings (SSSR count). The number of hydrogen-bond acceptors (Lipinski definition) is 3. The van der Waals surface area contributed by atoms with E-state index in [0.717, 1.165) is 27.1 Å². The second kappa shape index (κ2) is 6.77. The number of nitrogens with two attached hydrogens (primary N) is 1. The van der Waals surface area contributed by atoms with Gasteiger partial charge in [0, 0.05) is 16.1 Å². The highest BCUT2D eigenvalue weighted by Crippen LogP contribution is 2.30. The molecule has 2 aromatic rings. The van der Waals surface area contributed by atoms with Crippen molar-refractivity contribution in [2.24, 2.45) is 5.73 Å². The van der Waals surface area contributed by atoms with Crippen LogP contribution in [0.25, 0.3) is 0 Å². The first-order valence-corrected chi connectivity index (χ1v) is 7.16. The van der Waals surface area contributed by atoms with Crippen LogP contribution in [0.15, 0.2) is 46.9 Å². The molecule has 1 unspecified atom stereocenters. The van der Waals surface area contributed by atoms with Gasteiger partial charge in [0.1, 0.15) is 11.5 Å². The molecule has 0 saturated carbocycles. The molecule has 3 nitrogen and oxygen atoms in total. The van der Waals surface area contributed by atoms with Gasteiger partial charge in [0.25, 0.3) is 0 Å². The number of hydrogen-bond donors (Lipinski definition) is 1. The SMILES string of the molecule is COc1ccc(Br)cc1CC(N)c1ccccc1OC. The Kier molecular flexibility index (Phi) is 5.04. The minimum absolute atomic E-state index is 0.144. The van der Waals surface area contributed by atoms with Crippen LogP contribution in [-0.2, 0) is 6.42 Å². The number of rotatable bonds is 5. The van der Waals surface area contributed by atoms with Crippen LogP contribution in [0.4, 0.5) is 0 Å². The van der Waals surface area contributed by atoms with Crippen LogP contribution in [0.1, 0.15) is 17.2 Å². The molecule has 20 heavy (non-hydrogen) atoms. The smallest absolute Gasteiger partial charge is 0.123 e. The van der Waals surface area contributed by atoms with E-state index in [1.54, 1.807) is 14.2 Å².